The molecule has 0 saturated carbocycles. The Morgan fingerprint density at radius 2 is 1.73 bits per heavy atom. The van der Waals surface area contributed by atoms with Crippen LogP contribution in [0.2, 0.25) is 0 Å². The van der Waals surface area contributed by atoms with Crippen LogP contribution in [0, 0.1) is 0 Å². The summed E-state index contributed by atoms with van der Waals surface area (Å²) in [6.07, 6.45) is 3.39. The van der Waals surface area contributed by atoms with Gasteiger partial charge >= 0.3 is 0 Å². The third-order valence-electron chi connectivity index (χ3n) is 5.35. The lowest BCUT2D eigenvalue weighted by molar-refractivity contribution is -0.127. The zero-order chi connectivity index (χ0) is 20.9. The lowest BCUT2D eigenvalue weighted by Gasteiger charge is -2.34. The van der Waals surface area contributed by atoms with Gasteiger partial charge in [-0.15, -0.1) is 0 Å². The number of amides is 2. The van der Waals surface area contributed by atoms with Crippen LogP contribution in [-0.2, 0) is 11.3 Å². The fourth-order valence-electron chi connectivity index (χ4n) is 3.59. The topological polar surface area (TPSA) is 71.1 Å². The molecule has 1 fully saturated rings. The number of carbonyl (C=O) groups excluding carboxylic acids is 2. The number of fused-ring (bicyclic) bond motifs is 1. The molecule has 0 spiro atoms. The third kappa shape index (κ3) is 4.63. The average Bonchev–Trinajstić information content (AvgIpc) is 3.26. The lowest BCUT2D eigenvalue weighted by Crippen LogP contribution is -2.47. The highest BCUT2D eigenvalue weighted by Gasteiger charge is 2.20. The molecular formula is C23H25N3O4. The molecule has 2 heterocycles. The molecule has 1 N–H and O–H groups in total. The van der Waals surface area contributed by atoms with E-state index in [1.807, 2.05) is 29.2 Å². The second-order valence-electron chi connectivity index (χ2n) is 7.32. The molecule has 2 amide bonds. The van der Waals surface area contributed by atoms with Gasteiger partial charge in [0.15, 0.2) is 11.5 Å². The van der Waals surface area contributed by atoms with E-state index in [1.165, 1.54) is 5.56 Å². The summed E-state index contributed by atoms with van der Waals surface area (Å²) in [6, 6.07) is 13.2. The van der Waals surface area contributed by atoms with E-state index in [1.54, 1.807) is 31.3 Å². The summed E-state index contributed by atoms with van der Waals surface area (Å²) >= 11 is 0. The van der Waals surface area contributed by atoms with Gasteiger partial charge in [-0.25, -0.2) is 0 Å². The van der Waals surface area contributed by atoms with E-state index in [-0.39, 0.29) is 18.6 Å². The predicted octanol–water partition coefficient (Wildman–Crippen LogP) is 2.13. The number of hydrogen-bond donors (Lipinski definition) is 1. The SMILES string of the molecule is CNC(=O)c1ccc(/C=C/C(=O)N2CCN(Cc3ccc4c(c3)OCO4)CC2)cc1. The van der Waals surface area contributed by atoms with E-state index < -0.39 is 0 Å². The van der Waals surface area contributed by atoms with Crippen molar-refractivity contribution in [2.75, 3.05) is 40.0 Å². The Balaban J connectivity index is 1.27. The van der Waals surface area contributed by atoms with Crippen molar-refractivity contribution in [3.05, 3.63) is 65.2 Å². The van der Waals surface area contributed by atoms with E-state index in [0.717, 1.165) is 36.7 Å². The molecule has 7 nitrogen and oxygen atoms in total. The van der Waals surface area contributed by atoms with Crippen LogP contribution in [0.25, 0.3) is 6.08 Å². The fraction of sp³-hybridized carbons (Fsp3) is 0.304. The molecule has 156 valence electrons. The van der Waals surface area contributed by atoms with Gasteiger partial charge in [-0.05, 0) is 41.5 Å². The normalized spacial score (nSPS) is 16.1. The van der Waals surface area contributed by atoms with E-state index >= 15 is 0 Å². The summed E-state index contributed by atoms with van der Waals surface area (Å²) in [6.45, 7) is 4.16. The second kappa shape index (κ2) is 9.00. The van der Waals surface area contributed by atoms with Gasteiger partial charge in [0.2, 0.25) is 12.7 Å². The van der Waals surface area contributed by atoms with Crippen LogP contribution in [0.15, 0.2) is 48.5 Å². The zero-order valence-corrected chi connectivity index (χ0v) is 17.0. The Labute approximate surface area is 175 Å². The first-order valence-electron chi connectivity index (χ1n) is 10.0. The van der Waals surface area contributed by atoms with Crippen molar-refractivity contribution >= 4 is 17.9 Å². The summed E-state index contributed by atoms with van der Waals surface area (Å²) < 4.78 is 10.8. The Kier molecular flexibility index (Phi) is 5.99. The molecule has 2 aromatic rings. The van der Waals surface area contributed by atoms with Crippen molar-refractivity contribution in [2.24, 2.45) is 0 Å². The van der Waals surface area contributed by atoms with Crippen LogP contribution in [0.4, 0.5) is 0 Å². The number of piperazine rings is 1. The van der Waals surface area contributed by atoms with Gasteiger partial charge < -0.3 is 19.7 Å². The molecule has 0 aromatic heterocycles. The van der Waals surface area contributed by atoms with Gasteiger partial charge in [-0.3, -0.25) is 14.5 Å². The molecule has 0 aliphatic carbocycles. The predicted molar refractivity (Wildman–Crippen MR) is 113 cm³/mol. The minimum atomic E-state index is -0.125. The largest absolute Gasteiger partial charge is 0.454 e. The minimum Gasteiger partial charge on any atom is -0.454 e. The number of carbonyl (C=O) groups is 2. The fourth-order valence-corrected chi connectivity index (χ4v) is 3.59. The standard InChI is InChI=1S/C23H25N3O4/c1-24-23(28)19-6-2-17(3-7-19)5-9-22(27)26-12-10-25(11-13-26)15-18-4-8-20-21(14-18)30-16-29-20/h2-9,14H,10-13,15-16H2,1H3,(H,24,28)/b9-5+. The number of rotatable bonds is 5. The molecule has 0 bridgehead atoms. The maximum Gasteiger partial charge on any atom is 0.251 e. The van der Waals surface area contributed by atoms with Crippen LogP contribution in [0.1, 0.15) is 21.5 Å². The summed E-state index contributed by atoms with van der Waals surface area (Å²) in [5.41, 5.74) is 2.66. The number of ether oxygens (including phenoxy) is 2. The van der Waals surface area contributed by atoms with Gasteiger partial charge in [0.25, 0.3) is 5.91 Å². The van der Waals surface area contributed by atoms with Crippen LogP contribution in [-0.4, -0.2) is 61.6 Å². The molecule has 2 aliphatic heterocycles. The number of benzene rings is 2. The molecule has 7 heteroatoms. The monoisotopic (exact) mass is 407 g/mol. The molecule has 2 aromatic carbocycles. The van der Waals surface area contributed by atoms with Crippen LogP contribution in [0.3, 0.4) is 0 Å². The van der Waals surface area contributed by atoms with E-state index in [4.69, 9.17) is 9.47 Å². The molecule has 0 atom stereocenters. The first kappa shape index (κ1) is 20.0. The van der Waals surface area contributed by atoms with Crippen LogP contribution >= 0.6 is 0 Å². The molecule has 30 heavy (non-hydrogen) atoms. The number of nitrogens with one attached hydrogen (secondary N) is 1. The summed E-state index contributed by atoms with van der Waals surface area (Å²) in [5.74, 6) is 1.48. The van der Waals surface area contributed by atoms with Crippen molar-refractivity contribution in [1.82, 2.24) is 15.1 Å². The second-order valence-corrected chi connectivity index (χ2v) is 7.32. The quantitative estimate of drug-likeness (QED) is 0.769. The average molecular weight is 407 g/mol. The zero-order valence-electron chi connectivity index (χ0n) is 17.0. The summed E-state index contributed by atoms with van der Waals surface area (Å²) in [5, 5.41) is 2.59. The molecule has 0 radical (unpaired) electrons. The van der Waals surface area contributed by atoms with Crippen molar-refractivity contribution in [3.63, 3.8) is 0 Å². The molecular weight excluding hydrogens is 382 g/mol. The molecule has 4 rings (SSSR count). The van der Waals surface area contributed by atoms with Gasteiger partial charge in [0.05, 0.1) is 0 Å². The van der Waals surface area contributed by atoms with Crippen LogP contribution < -0.4 is 14.8 Å². The molecule has 0 unspecified atom stereocenters. The first-order chi connectivity index (χ1) is 14.6. The van der Waals surface area contributed by atoms with Gasteiger partial charge in [-0.2, -0.15) is 0 Å². The first-order valence-corrected chi connectivity index (χ1v) is 10.0. The van der Waals surface area contributed by atoms with Crippen LogP contribution in [0.5, 0.6) is 11.5 Å². The van der Waals surface area contributed by atoms with Gasteiger partial charge in [-0.1, -0.05) is 18.2 Å². The van der Waals surface area contributed by atoms with E-state index in [2.05, 4.69) is 16.3 Å². The summed E-state index contributed by atoms with van der Waals surface area (Å²) in [7, 11) is 1.60. The Hall–Kier alpha value is -3.32. The smallest absolute Gasteiger partial charge is 0.251 e. The van der Waals surface area contributed by atoms with E-state index in [9.17, 15) is 9.59 Å². The Bertz CT molecular complexity index is 947. The van der Waals surface area contributed by atoms with Crippen molar-refractivity contribution in [2.45, 2.75) is 6.54 Å². The minimum absolute atomic E-state index is 0.00751. The number of nitrogens with zero attached hydrogens (tertiary/aromatic N) is 2. The van der Waals surface area contributed by atoms with Crippen molar-refractivity contribution in [3.8, 4) is 11.5 Å². The maximum absolute atomic E-state index is 12.5. The summed E-state index contributed by atoms with van der Waals surface area (Å²) in [4.78, 5) is 28.3. The van der Waals surface area contributed by atoms with Gasteiger partial charge in [0.1, 0.15) is 0 Å². The number of hydrogen-bond acceptors (Lipinski definition) is 5. The molecule has 1 saturated heterocycles. The van der Waals surface area contributed by atoms with Crippen molar-refractivity contribution < 1.29 is 19.1 Å². The third-order valence-corrected chi connectivity index (χ3v) is 5.35. The van der Waals surface area contributed by atoms with Gasteiger partial charge in [0, 0.05) is 51.4 Å². The maximum atomic E-state index is 12.5. The highest BCUT2D eigenvalue weighted by atomic mass is 16.7. The van der Waals surface area contributed by atoms with Crippen molar-refractivity contribution in [1.29, 1.82) is 0 Å². The van der Waals surface area contributed by atoms with E-state index in [0.29, 0.717) is 18.7 Å². The highest BCUT2D eigenvalue weighted by Crippen LogP contribution is 2.32. The Morgan fingerprint density at radius 1 is 1.00 bits per heavy atom. The Morgan fingerprint density at radius 3 is 2.47 bits per heavy atom. The lowest BCUT2D eigenvalue weighted by atomic mass is 10.1. The molecule has 2 aliphatic rings. The highest BCUT2D eigenvalue weighted by molar-refractivity contribution is 5.94.